The van der Waals surface area contributed by atoms with Crippen molar-refractivity contribution < 1.29 is 4.79 Å². The van der Waals surface area contributed by atoms with Gasteiger partial charge < -0.3 is 4.90 Å². The fourth-order valence-corrected chi connectivity index (χ4v) is 2.49. The van der Waals surface area contributed by atoms with E-state index >= 15 is 0 Å². The van der Waals surface area contributed by atoms with Gasteiger partial charge in [-0.2, -0.15) is 0 Å². The van der Waals surface area contributed by atoms with Gasteiger partial charge in [-0.05, 0) is 30.2 Å². The number of rotatable bonds is 4. The van der Waals surface area contributed by atoms with Crippen LogP contribution in [0.15, 0.2) is 48.5 Å². The molecular weight excluding hydrogens is 314 g/mol. The SMILES string of the molecule is Cc1cccc(CN(C)C(=O)c2ccc(CBr)cc2)c1. The van der Waals surface area contributed by atoms with Crippen molar-refractivity contribution >= 4 is 21.8 Å². The van der Waals surface area contributed by atoms with Gasteiger partial charge in [0, 0.05) is 24.5 Å². The smallest absolute Gasteiger partial charge is 0.253 e. The number of carbonyl (C=O) groups excluding carboxylic acids is 1. The lowest BCUT2D eigenvalue weighted by molar-refractivity contribution is 0.0785. The van der Waals surface area contributed by atoms with E-state index in [-0.39, 0.29) is 5.91 Å². The molecule has 0 aliphatic carbocycles. The van der Waals surface area contributed by atoms with Crippen LogP contribution in [0.2, 0.25) is 0 Å². The highest BCUT2D eigenvalue weighted by molar-refractivity contribution is 9.08. The zero-order chi connectivity index (χ0) is 14.5. The van der Waals surface area contributed by atoms with Gasteiger partial charge in [0.25, 0.3) is 5.91 Å². The molecule has 0 N–H and O–H groups in total. The van der Waals surface area contributed by atoms with Crippen molar-refractivity contribution in [3.05, 3.63) is 70.8 Å². The number of benzene rings is 2. The monoisotopic (exact) mass is 331 g/mol. The summed E-state index contributed by atoms with van der Waals surface area (Å²) in [5.41, 5.74) is 4.26. The van der Waals surface area contributed by atoms with Crippen LogP contribution in [0.4, 0.5) is 0 Å². The van der Waals surface area contributed by atoms with Gasteiger partial charge in [-0.25, -0.2) is 0 Å². The van der Waals surface area contributed by atoms with Crippen LogP contribution in [0.5, 0.6) is 0 Å². The Balaban J connectivity index is 2.07. The summed E-state index contributed by atoms with van der Waals surface area (Å²) in [6, 6.07) is 15.9. The first-order chi connectivity index (χ1) is 9.60. The Labute approximate surface area is 128 Å². The van der Waals surface area contributed by atoms with Gasteiger partial charge in [-0.1, -0.05) is 57.9 Å². The summed E-state index contributed by atoms with van der Waals surface area (Å²) in [5, 5.41) is 0.806. The van der Waals surface area contributed by atoms with Gasteiger partial charge in [-0.15, -0.1) is 0 Å². The van der Waals surface area contributed by atoms with Crippen LogP contribution in [0.25, 0.3) is 0 Å². The summed E-state index contributed by atoms with van der Waals surface area (Å²) < 4.78 is 0. The molecule has 3 heteroatoms. The molecule has 0 unspecified atom stereocenters. The van der Waals surface area contributed by atoms with E-state index in [1.807, 2.05) is 43.4 Å². The topological polar surface area (TPSA) is 20.3 Å². The summed E-state index contributed by atoms with van der Waals surface area (Å²) >= 11 is 3.40. The van der Waals surface area contributed by atoms with E-state index in [1.54, 1.807) is 4.90 Å². The minimum absolute atomic E-state index is 0.0487. The number of hydrogen-bond donors (Lipinski definition) is 0. The van der Waals surface area contributed by atoms with Gasteiger partial charge in [0.1, 0.15) is 0 Å². The molecule has 1 amide bonds. The molecule has 0 heterocycles. The number of amides is 1. The molecule has 0 saturated heterocycles. The summed E-state index contributed by atoms with van der Waals surface area (Å²) in [4.78, 5) is 14.1. The van der Waals surface area contributed by atoms with Crippen LogP contribution < -0.4 is 0 Å². The summed E-state index contributed by atoms with van der Waals surface area (Å²) in [7, 11) is 1.84. The average Bonchev–Trinajstić information content (AvgIpc) is 2.46. The van der Waals surface area contributed by atoms with Crippen LogP contribution in [-0.4, -0.2) is 17.9 Å². The van der Waals surface area contributed by atoms with Crippen molar-refractivity contribution in [3.63, 3.8) is 0 Å². The van der Waals surface area contributed by atoms with Crippen molar-refractivity contribution in [2.75, 3.05) is 7.05 Å². The van der Waals surface area contributed by atoms with Crippen LogP contribution in [-0.2, 0) is 11.9 Å². The normalized spacial score (nSPS) is 10.3. The first-order valence-electron chi connectivity index (χ1n) is 6.56. The fraction of sp³-hybridized carbons (Fsp3) is 0.235. The van der Waals surface area contributed by atoms with Gasteiger partial charge in [0.15, 0.2) is 0 Å². The maximum atomic E-state index is 12.3. The van der Waals surface area contributed by atoms with Gasteiger partial charge in [0.05, 0.1) is 0 Å². The van der Waals surface area contributed by atoms with Crippen molar-refractivity contribution in [2.24, 2.45) is 0 Å². The quantitative estimate of drug-likeness (QED) is 0.770. The molecule has 0 atom stereocenters. The molecule has 104 valence electrons. The molecule has 20 heavy (non-hydrogen) atoms. The summed E-state index contributed by atoms with van der Waals surface area (Å²) in [5.74, 6) is 0.0487. The first kappa shape index (κ1) is 14.8. The van der Waals surface area contributed by atoms with E-state index < -0.39 is 0 Å². The lowest BCUT2D eigenvalue weighted by Crippen LogP contribution is -2.26. The van der Waals surface area contributed by atoms with Crippen molar-refractivity contribution in [1.29, 1.82) is 0 Å². The highest BCUT2D eigenvalue weighted by Crippen LogP contribution is 2.12. The largest absolute Gasteiger partial charge is 0.337 e. The highest BCUT2D eigenvalue weighted by Gasteiger charge is 2.11. The lowest BCUT2D eigenvalue weighted by Gasteiger charge is -2.17. The molecule has 2 rings (SSSR count). The standard InChI is InChI=1S/C17H18BrNO/c1-13-4-3-5-15(10-13)12-19(2)17(20)16-8-6-14(11-18)7-9-16/h3-10H,11-12H2,1-2H3. The third-order valence-electron chi connectivity index (χ3n) is 3.20. The molecule has 2 aromatic carbocycles. The Morgan fingerprint density at radius 3 is 2.40 bits per heavy atom. The molecular formula is C17H18BrNO. The van der Waals surface area contributed by atoms with Gasteiger partial charge >= 0.3 is 0 Å². The molecule has 0 fully saturated rings. The van der Waals surface area contributed by atoms with E-state index in [1.165, 1.54) is 11.1 Å². The molecule has 0 aromatic heterocycles. The van der Waals surface area contributed by atoms with Gasteiger partial charge in [-0.3, -0.25) is 4.79 Å². The second-order valence-corrected chi connectivity index (χ2v) is 5.54. The molecule has 0 aliphatic rings. The molecule has 0 radical (unpaired) electrons. The van der Waals surface area contributed by atoms with Gasteiger partial charge in [0.2, 0.25) is 0 Å². The Bertz CT molecular complexity index is 592. The Hall–Kier alpha value is -1.61. The Kier molecular flexibility index (Phi) is 4.96. The maximum Gasteiger partial charge on any atom is 0.253 e. The maximum absolute atomic E-state index is 12.3. The highest BCUT2D eigenvalue weighted by atomic mass is 79.9. The third kappa shape index (κ3) is 3.70. The number of hydrogen-bond acceptors (Lipinski definition) is 1. The van der Waals surface area contributed by atoms with E-state index in [9.17, 15) is 4.79 Å². The zero-order valence-corrected chi connectivity index (χ0v) is 13.4. The molecule has 0 spiro atoms. The second-order valence-electron chi connectivity index (χ2n) is 4.98. The second kappa shape index (κ2) is 6.71. The Morgan fingerprint density at radius 1 is 1.10 bits per heavy atom. The van der Waals surface area contributed by atoms with Crippen LogP contribution >= 0.6 is 15.9 Å². The minimum Gasteiger partial charge on any atom is -0.337 e. The van der Waals surface area contributed by atoms with Crippen molar-refractivity contribution in [3.8, 4) is 0 Å². The molecule has 2 aromatic rings. The number of carbonyl (C=O) groups is 1. The van der Waals surface area contributed by atoms with Crippen LogP contribution in [0, 0.1) is 6.92 Å². The average molecular weight is 332 g/mol. The lowest BCUT2D eigenvalue weighted by atomic mass is 10.1. The number of halogens is 1. The summed E-state index contributed by atoms with van der Waals surface area (Å²) in [6.45, 7) is 2.69. The van der Waals surface area contributed by atoms with E-state index in [4.69, 9.17) is 0 Å². The molecule has 2 nitrogen and oxygen atoms in total. The predicted molar refractivity (Wildman–Crippen MR) is 86.0 cm³/mol. The van der Waals surface area contributed by atoms with Crippen LogP contribution in [0.1, 0.15) is 27.0 Å². The Morgan fingerprint density at radius 2 is 1.80 bits per heavy atom. The molecule has 0 saturated carbocycles. The molecule has 0 bridgehead atoms. The van der Waals surface area contributed by atoms with E-state index in [0.717, 1.165) is 16.5 Å². The zero-order valence-electron chi connectivity index (χ0n) is 11.8. The van der Waals surface area contributed by atoms with Crippen molar-refractivity contribution in [1.82, 2.24) is 4.90 Å². The third-order valence-corrected chi connectivity index (χ3v) is 3.85. The minimum atomic E-state index is 0.0487. The predicted octanol–water partition coefficient (Wildman–Crippen LogP) is 4.16. The van der Waals surface area contributed by atoms with Crippen molar-refractivity contribution in [2.45, 2.75) is 18.8 Å². The fourth-order valence-electron chi connectivity index (χ4n) is 2.11. The number of alkyl halides is 1. The first-order valence-corrected chi connectivity index (χ1v) is 7.68. The molecule has 0 aliphatic heterocycles. The van der Waals surface area contributed by atoms with E-state index in [2.05, 4.69) is 35.0 Å². The van der Waals surface area contributed by atoms with Crippen LogP contribution in [0.3, 0.4) is 0 Å². The number of aryl methyl sites for hydroxylation is 1. The number of nitrogens with zero attached hydrogens (tertiary/aromatic N) is 1. The van der Waals surface area contributed by atoms with E-state index in [0.29, 0.717) is 6.54 Å². The summed E-state index contributed by atoms with van der Waals surface area (Å²) in [6.07, 6.45) is 0.